The fourth-order valence-electron chi connectivity index (χ4n) is 3.77. The van der Waals surface area contributed by atoms with Crippen LogP contribution in [0.2, 0.25) is 0 Å². The van der Waals surface area contributed by atoms with Crippen LogP contribution in [0.1, 0.15) is 19.3 Å². The molecule has 4 rings (SSSR count). The molecule has 2 aromatic rings. The molecule has 0 unspecified atom stereocenters. The second-order valence-corrected chi connectivity index (χ2v) is 10.1. The molecule has 9 nitrogen and oxygen atoms in total. The third-order valence-corrected chi connectivity index (χ3v) is 7.52. The Kier molecular flexibility index (Phi) is 5.23. The number of nitrogens with one attached hydrogen (secondary N) is 1. The van der Waals surface area contributed by atoms with E-state index in [9.17, 15) is 21.2 Å². The van der Waals surface area contributed by atoms with Gasteiger partial charge in [0.15, 0.2) is 5.82 Å². The summed E-state index contributed by atoms with van der Waals surface area (Å²) in [5.41, 5.74) is 0. The highest BCUT2D eigenvalue weighted by atomic mass is 32.3. The van der Waals surface area contributed by atoms with E-state index in [-0.39, 0.29) is 27.6 Å². The van der Waals surface area contributed by atoms with Gasteiger partial charge in [0.05, 0.1) is 11.1 Å². The zero-order valence-corrected chi connectivity index (χ0v) is 16.9. The first-order valence-electron chi connectivity index (χ1n) is 9.15. The van der Waals surface area contributed by atoms with Gasteiger partial charge in [-0.2, -0.15) is 12.7 Å². The Labute approximate surface area is 167 Å². The number of pyridine rings is 1. The van der Waals surface area contributed by atoms with Crippen LogP contribution in [0.4, 0.5) is 4.39 Å². The average molecular weight is 445 g/mol. The van der Waals surface area contributed by atoms with Crippen LogP contribution in [0.25, 0.3) is 10.8 Å². The van der Waals surface area contributed by atoms with Crippen molar-refractivity contribution in [3.8, 4) is 5.88 Å². The first kappa shape index (κ1) is 20.4. The molecular formula is C17H20FN3O6S2. The number of sulfonamides is 1. The van der Waals surface area contributed by atoms with Crippen molar-refractivity contribution in [3.63, 3.8) is 0 Å². The molecule has 1 atom stereocenters. The molecule has 0 bridgehead atoms. The van der Waals surface area contributed by atoms with Crippen LogP contribution in [0, 0.1) is 11.7 Å². The minimum atomic E-state index is -4.92. The van der Waals surface area contributed by atoms with Crippen LogP contribution in [-0.2, 0) is 20.4 Å². The largest absolute Gasteiger partial charge is 0.448 e. The zero-order chi connectivity index (χ0) is 20.8. The summed E-state index contributed by atoms with van der Waals surface area (Å²) >= 11 is 0. The maximum Gasteiger partial charge on any atom is 0.448 e. The maximum atomic E-state index is 14.7. The second-order valence-electron chi connectivity index (χ2n) is 7.18. The predicted molar refractivity (Wildman–Crippen MR) is 102 cm³/mol. The van der Waals surface area contributed by atoms with E-state index in [1.54, 1.807) is 0 Å². The lowest BCUT2D eigenvalue weighted by atomic mass is 10.1. The van der Waals surface area contributed by atoms with Gasteiger partial charge in [0, 0.05) is 29.9 Å². The number of aromatic nitrogens is 1. The van der Waals surface area contributed by atoms with E-state index >= 15 is 0 Å². The van der Waals surface area contributed by atoms with E-state index in [0.29, 0.717) is 32.3 Å². The Bertz CT molecular complexity index is 1150. The molecule has 29 heavy (non-hydrogen) atoms. The Balaban J connectivity index is 1.87. The summed E-state index contributed by atoms with van der Waals surface area (Å²) in [6.07, 6.45) is 3.18. The van der Waals surface area contributed by atoms with Crippen molar-refractivity contribution >= 4 is 31.2 Å². The number of hydrogen-bond donors (Lipinski definition) is 2. The van der Waals surface area contributed by atoms with Crippen molar-refractivity contribution in [3.05, 3.63) is 30.2 Å². The van der Waals surface area contributed by atoms with Crippen molar-refractivity contribution in [1.29, 1.82) is 0 Å². The second kappa shape index (κ2) is 7.43. The van der Waals surface area contributed by atoms with Crippen LogP contribution in [-0.4, -0.2) is 56.4 Å². The third-order valence-electron chi connectivity index (χ3n) is 5.18. The highest BCUT2D eigenvalue weighted by molar-refractivity contribution is 7.89. The molecule has 0 spiro atoms. The van der Waals surface area contributed by atoms with E-state index < -0.39 is 32.1 Å². The van der Waals surface area contributed by atoms with Gasteiger partial charge in [-0.3, -0.25) is 4.55 Å². The van der Waals surface area contributed by atoms with Gasteiger partial charge < -0.3 is 9.50 Å². The van der Waals surface area contributed by atoms with Gasteiger partial charge in [0.2, 0.25) is 15.9 Å². The molecule has 158 valence electrons. The lowest BCUT2D eigenvalue weighted by Gasteiger charge is -2.29. The Morgan fingerprint density at radius 1 is 1.24 bits per heavy atom. The lowest BCUT2D eigenvalue weighted by Crippen LogP contribution is -2.45. The molecule has 1 aliphatic heterocycles. The Morgan fingerprint density at radius 2 is 2.00 bits per heavy atom. The van der Waals surface area contributed by atoms with Crippen LogP contribution in [0.3, 0.4) is 0 Å². The highest BCUT2D eigenvalue weighted by Gasteiger charge is 2.42. The van der Waals surface area contributed by atoms with Gasteiger partial charge >= 0.3 is 10.4 Å². The molecule has 2 heterocycles. The molecule has 1 saturated heterocycles. The van der Waals surface area contributed by atoms with E-state index in [4.69, 9.17) is 4.55 Å². The minimum Gasteiger partial charge on any atom is -0.340 e. The van der Waals surface area contributed by atoms with Crippen molar-refractivity contribution in [2.45, 2.75) is 30.2 Å². The zero-order valence-electron chi connectivity index (χ0n) is 15.3. The number of fused-ring (bicyclic) bond motifs is 1. The number of rotatable bonds is 5. The minimum absolute atomic E-state index is 0.167. The summed E-state index contributed by atoms with van der Waals surface area (Å²) in [5, 5.41) is 2.76. The number of hydrogen-bond acceptors (Lipinski definition) is 7. The van der Waals surface area contributed by atoms with Gasteiger partial charge in [-0.05, 0) is 43.9 Å². The summed E-state index contributed by atoms with van der Waals surface area (Å²) in [5.74, 6) is -1.27. The molecule has 1 aromatic carbocycles. The van der Waals surface area contributed by atoms with Gasteiger partial charge in [-0.15, -0.1) is 0 Å². The number of nitrogens with zero attached hydrogens (tertiary/aromatic N) is 2. The van der Waals surface area contributed by atoms with Crippen molar-refractivity contribution < 1.29 is 30.0 Å². The fourth-order valence-corrected chi connectivity index (χ4v) is 6.04. The van der Waals surface area contributed by atoms with Crippen molar-refractivity contribution in [2.75, 3.05) is 19.6 Å². The quantitative estimate of drug-likeness (QED) is 0.660. The van der Waals surface area contributed by atoms with Gasteiger partial charge in [0.1, 0.15) is 0 Å². The van der Waals surface area contributed by atoms with Crippen LogP contribution >= 0.6 is 0 Å². The van der Waals surface area contributed by atoms with E-state index in [1.165, 1.54) is 22.5 Å². The summed E-state index contributed by atoms with van der Waals surface area (Å²) in [7, 11) is -9.01. The first-order chi connectivity index (χ1) is 13.7. The van der Waals surface area contributed by atoms with Crippen LogP contribution in [0.5, 0.6) is 5.88 Å². The molecule has 2 fully saturated rings. The monoisotopic (exact) mass is 445 g/mol. The summed E-state index contributed by atoms with van der Waals surface area (Å²) in [6, 6.07) is 3.69. The third kappa shape index (κ3) is 4.08. The van der Waals surface area contributed by atoms with Gasteiger partial charge in [0.25, 0.3) is 0 Å². The summed E-state index contributed by atoms with van der Waals surface area (Å²) in [4.78, 5) is 3.25. The van der Waals surface area contributed by atoms with E-state index in [0.717, 1.165) is 12.8 Å². The van der Waals surface area contributed by atoms with Gasteiger partial charge in [-0.25, -0.2) is 17.8 Å². The molecular weight excluding hydrogens is 425 g/mol. The normalized spacial score (nSPS) is 21.8. The molecule has 1 saturated carbocycles. The molecule has 2 aliphatic rings. The number of halogens is 1. The Morgan fingerprint density at radius 3 is 2.69 bits per heavy atom. The molecule has 1 aromatic heterocycles. The molecule has 1 aliphatic carbocycles. The smallest absolute Gasteiger partial charge is 0.340 e. The molecule has 0 amide bonds. The summed E-state index contributed by atoms with van der Waals surface area (Å²) < 4.78 is 78.7. The topological polar surface area (TPSA) is 126 Å². The maximum absolute atomic E-state index is 14.7. The van der Waals surface area contributed by atoms with Crippen molar-refractivity contribution in [2.24, 2.45) is 5.92 Å². The van der Waals surface area contributed by atoms with E-state index in [2.05, 4.69) is 14.5 Å². The average Bonchev–Trinajstić information content (AvgIpc) is 3.48. The lowest BCUT2D eigenvalue weighted by molar-refractivity contribution is 0.306. The molecule has 12 heteroatoms. The van der Waals surface area contributed by atoms with E-state index in [1.807, 2.05) is 0 Å². The SMILES string of the molecule is O=S(=O)(O)Oc1ncc(F)c2c(S(=O)(=O)N3CCCNC[C@H]3C3CC3)cccc12. The highest BCUT2D eigenvalue weighted by Crippen LogP contribution is 2.39. The fraction of sp³-hybridized carbons (Fsp3) is 0.471. The molecule has 2 N–H and O–H groups in total. The summed E-state index contributed by atoms with van der Waals surface area (Å²) in [6.45, 7) is 1.51. The standard InChI is InChI=1S/C17H20FN3O6S2/c18-13-9-20-17(27-29(24,25)26)12-3-1-4-15(16(12)13)28(22,23)21-8-2-7-19-10-14(21)11-5-6-11/h1,3-4,9,11,14,19H,2,5-8,10H2,(H,24,25,26)/t14-/m0/s1. The van der Waals surface area contributed by atoms with Gasteiger partial charge in [-0.1, -0.05) is 6.07 Å². The van der Waals surface area contributed by atoms with Crippen LogP contribution < -0.4 is 9.50 Å². The van der Waals surface area contributed by atoms with Crippen LogP contribution in [0.15, 0.2) is 29.3 Å². The molecule has 0 radical (unpaired) electrons. The predicted octanol–water partition coefficient (Wildman–Crippen LogP) is 1.32. The van der Waals surface area contributed by atoms with Crippen molar-refractivity contribution in [1.82, 2.24) is 14.6 Å². The Hall–Kier alpha value is -1.86. The first-order valence-corrected chi connectivity index (χ1v) is 12.0. The number of benzene rings is 1.